The van der Waals surface area contributed by atoms with E-state index >= 15 is 0 Å². The molecule has 2 aromatic rings. The van der Waals surface area contributed by atoms with Crippen LogP contribution in [0.15, 0.2) is 59.5 Å². The van der Waals surface area contributed by atoms with Gasteiger partial charge in [-0.2, -0.15) is 0 Å². The van der Waals surface area contributed by atoms with Crippen molar-refractivity contribution in [2.45, 2.75) is 51.1 Å². The third-order valence-corrected chi connectivity index (χ3v) is 5.66. The van der Waals surface area contributed by atoms with Crippen molar-refractivity contribution in [1.29, 1.82) is 0 Å². The monoisotopic (exact) mass is 398 g/mol. The molecular weight excluding hydrogens is 368 g/mol. The molecule has 0 saturated carbocycles. The van der Waals surface area contributed by atoms with Gasteiger partial charge in [-0.25, -0.2) is 0 Å². The van der Waals surface area contributed by atoms with Crippen LogP contribution < -0.4 is 5.32 Å². The number of thioether (sulfide) groups is 1. The number of nitrogens with zero attached hydrogens (tertiary/aromatic N) is 1. The smallest absolute Gasteiger partial charge is 0.242 e. The van der Waals surface area contributed by atoms with Crippen molar-refractivity contribution in [1.82, 2.24) is 10.2 Å². The second-order valence-corrected chi connectivity index (χ2v) is 7.99. The molecule has 2 aromatic carbocycles. The third-order valence-electron chi connectivity index (χ3n) is 4.65. The van der Waals surface area contributed by atoms with Crippen LogP contribution >= 0.6 is 11.8 Å². The fourth-order valence-corrected chi connectivity index (χ4v) is 3.73. The first-order valence-electron chi connectivity index (χ1n) is 9.82. The van der Waals surface area contributed by atoms with E-state index in [1.807, 2.05) is 75.4 Å². The van der Waals surface area contributed by atoms with Crippen LogP contribution in [0, 0.1) is 6.92 Å². The lowest BCUT2D eigenvalue weighted by atomic mass is 10.1. The van der Waals surface area contributed by atoms with Crippen LogP contribution in [0.2, 0.25) is 0 Å². The predicted molar refractivity (Wildman–Crippen MR) is 116 cm³/mol. The summed E-state index contributed by atoms with van der Waals surface area (Å²) in [6, 6.07) is 17.6. The van der Waals surface area contributed by atoms with E-state index in [4.69, 9.17) is 0 Å². The molecule has 2 rings (SSSR count). The van der Waals surface area contributed by atoms with Gasteiger partial charge in [0.2, 0.25) is 11.8 Å². The first-order chi connectivity index (χ1) is 13.5. The van der Waals surface area contributed by atoms with Gasteiger partial charge in [-0.05, 0) is 43.5 Å². The largest absolute Gasteiger partial charge is 0.354 e. The van der Waals surface area contributed by atoms with Crippen LogP contribution in [0.3, 0.4) is 0 Å². The first-order valence-corrected chi connectivity index (χ1v) is 10.8. The molecule has 150 valence electrons. The van der Waals surface area contributed by atoms with Crippen LogP contribution in [0.4, 0.5) is 0 Å². The molecule has 4 nitrogen and oxygen atoms in total. The Kier molecular flexibility index (Phi) is 9.08. The Labute approximate surface area is 172 Å². The summed E-state index contributed by atoms with van der Waals surface area (Å²) >= 11 is 1.66. The summed E-state index contributed by atoms with van der Waals surface area (Å²) < 4.78 is 0. The van der Waals surface area contributed by atoms with Crippen molar-refractivity contribution < 1.29 is 9.59 Å². The zero-order valence-corrected chi connectivity index (χ0v) is 17.8. The quantitative estimate of drug-likeness (QED) is 0.603. The lowest BCUT2D eigenvalue weighted by Gasteiger charge is -2.29. The second kappa shape index (κ2) is 11.5. The van der Waals surface area contributed by atoms with E-state index in [1.165, 1.54) is 0 Å². The van der Waals surface area contributed by atoms with Crippen molar-refractivity contribution >= 4 is 23.6 Å². The van der Waals surface area contributed by atoms with Gasteiger partial charge in [0.05, 0.1) is 0 Å². The van der Waals surface area contributed by atoms with Crippen molar-refractivity contribution in [3.63, 3.8) is 0 Å². The molecule has 0 saturated heterocycles. The van der Waals surface area contributed by atoms with Crippen LogP contribution in [-0.4, -0.2) is 35.1 Å². The summed E-state index contributed by atoms with van der Waals surface area (Å²) in [7, 11) is 0. The SMILES string of the molecule is CCCNC(=O)[C@@H](C)N(Cc1ccccc1C)C(=O)CCSc1ccccc1. The maximum atomic E-state index is 13.0. The molecule has 0 radical (unpaired) electrons. The average Bonchev–Trinajstić information content (AvgIpc) is 2.71. The van der Waals surface area contributed by atoms with Gasteiger partial charge in [-0.15, -0.1) is 11.8 Å². The Bertz CT molecular complexity index is 764. The number of rotatable bonds is 10. The fraction of sp³-hybridized carbons (Fsp3) is 0.391. The van der Waals surface area contributed by atoms with Crippen LogP contribution in [-0.2, 0) is 16.1 Å². The fourth-order valence-electron chi connectivity index (χ4n) is 2.87. The standard InChI is InChI=1S/C23H30N2O2S/c1-4-15-24-23(27)19(3)25(17-20-11-9-8-10-18(20)2)22(26)14-16-28-21-12-6-5-7-13-21/h5-13,19H,4,14-17H2,1-3H3,(H,24,27)/t19-/m1/s1. The van der Waals surface area contributed by atoms with Gasteiger partial charge in [0.15, 0.2) is 0 Å². The van der Waals surface area contributed by atoms with Gasteiger partial charge in [-0.3, -0.25) is 9.59 Å². The molecule has 0 bridgehead atoms. The van der Waals surface area contributed by atoms with E-state index < -0.39 is 6.04 Å². The number of aryl methyl sites for hydroxylation is 1. The van der Waals surface area contributed by atoms with Crippen LogP contribution in [0.1, 0.15) is 37.8 Å². The molecule has 0 aliphatic carbocycles. The van der Waals surface area contributed by atoms with Gasteiger partial charge in [0.1, 0.15) is 6.04 Å². The highest BCUT2D eigenvalue weighted by Crippen LogP contribution is 2.20. The Morgan fingerprint density at radius 3 is 2.43 bits per heavy atom. The van der Waals surface area contributed by atoms with E-state index in [9.17, 15) is 9.59 Å². The third kappa shape index (κ3) is 6.71. The van der Waals surface area contributed by atoms with Crippen LogP contribution in [0.5, 0.6) is 0 Å². The maximum Gasteiger partial charge on any atom is 0.242 e. The molecule has 0 aromatic heterocycles. The maximum absolute atomic E-state index is 13.0. The summed E-state index contributed by atoms with van der Waals surface area (Å²) in [5.74, 6) is 0.599. The molecule has 0 fully saturated rings. The topological polar surface area (TPSA) is 49.4 Å². The highest BCUT2D eigenvalue weighted by Gasteiger charge is 2.26. The van der Waals surface area contributed by atoms with E-state index in [-0.39, 0.29) is 11.8 Å². The molecule has 5 heteroatoms. The summed E-state index contributed by atoms with van der Waals surface area (Å²) in [6.07, 6.45) is 1.27. The molecule has 1 N–H and O–H groups in total. The number of benzene rings is 2. The lowest BCUT2D eigenvalue weighted by molar-refractivity contribution is -0.140. The Balaban J connectivity index is 2.06. The molecule has 0 aliphatic heterocycles. The normalized spacial score (nSPS) is 11.7. The van der Waals surface area contributed by atoms with E-state index in [0.29, 0.717) is 25.3 Å². The highest BCUT2D eigenvalue weighted by molar-refractivity contribution is 7.99. The number of nitrogens with one attached hydrogen (secondary N) is 1. The minimum absolute atomic E-state index is 0.00540. The highest BCUT2D eigenvalue weighted by atomic mass is 32.2. The molecule has 0 spiro atoms. The van der Waals surface area contributed by atoms with Gasteiger partial charge in [-0.1, -0.05) is 49.4 Å². The molecule has 0 aliphatic rings. The van der Waals surface area contributed by atoms with Crippen LogP contribution in [0.25, 0.3) is 0 Å². The van der Waals surface area contributed by atoms with E-state index in [1.54, 1.807) is 16.7 Å². The van der Waals surface area contributed by atoms with E-state index in [2.05, 4.69) is 5.32 Å². The zero-order valence-electron chi connectivity index (χ0n) is 17.0. The number of hydrogen-bond acceptors (Lipinski definition) is 3. The van der Waals surface area contributed by atoms with Crippen molar-refractivity contribution in [3.8, 4) is 0 Å². The second-order valence-electron chi connectivity index (χ2n) is 6.83. The van der Waals surface area contributed by atoms with E-state index in [0.717, 1.165) is 22.4 Å². The average molecular weight is 399 g/mol. The molecule has 28 heavy (non-hydrogen) atoms. The first kappa shape index (κ1) is 22.0. The number of amides is 2. The molecule has 0 unspecified atom stereocenters. The molecular formula is C23H30N2O2S. The van der Waals surface area contributed by atoms with Gasteiger partial charge in [0, 0.05) is 30.2 Å². The van der Waals surface area contributed by atoms with Gasteiger partial charge >= 0.3 is 0 Å². The Morgan fingerprint density at radius 1 is 1.07 bits per heavy atom. The van der Waals surface area contributed by atoms with Crippen molar-refractivity contribution in [3.05, 3.63) is 65.7 Å². The minimum Gasteiger partial charge on any atom is -0.354 e. The summed E-state index contributed by atoms with van der Waals surface area (Å²) in [5.41, 5.74) is 2.20. The summed E-state index contributed by atoms with van der Waals surface area (Å²) in [6.45, 7) is 6.93. The molecule has 0 heterocycles. The minimum atomic E-state index is -0.500. The number of hydrogen-bond donors (Lipinski definition) is 1. The van der Waals surface area contributed by atoms with Crippen molar-refractivity contribution in [2.75, 3.05) is 12.3 Å². The Morgan fingerprint density at radius 2 is 1.75 bits per heavy atom. The zero-order chi connectivity index (χ0) is 20.4. The van der Waals surface area contributed by atoms with Crippen molar-refractivity contribution in [2.24, 2.45) is 0 Å². The van der Waals surface area contributed by atoms with Gasteiger partial charge < -0.3 is 10.2 Å². The Hall–Kier alpha value is -2.27. The number of carbonyl (C=O) groups excluding carboxylic acids is 2. The lowest BCUT2D eigenvalue weighted by Crippen LogP contribution is -2.47. The van der Waals surface area contributed by atoms with Gasteiger partial charge in [0.25, 0.3) is 0 Å². The summed E-state index contributed by atoms with van der Waals surface area (Å²) in [5, 5.41) is 2.91. The summed E-state index contributed by atoms with van der Waals surface area (Å²) in [4.78, 5) is 28.4. The predicted octanol–water partition coefficient (Wildman–Crippen LogP) is 4.42. The number of carbonyl (C=O) groups is 2. The molecule has 2 amide bonds. The molecule has 1 atom stereocenters.